The monoisotopic (exact) mass is 262 g/mol. The predicted molar refractivity (Wildman–Crippen MR) is 80.4 cm³/mol. The molecule has 1 fully saturated rings. The minimum atomic E-state index is 0.431. The van der Waals surface area contributed by atoms with Crippen LogP contribution in [-0.2, 0) is 4.74 Å². The van der Waals surface area contributed by atoms with Crippen LogP contribution >= 0.6 is 0 Å². The number of rotatable bonds is 5. The minimum Gasteiger partial charge on any atom is -0.399 e. The summed E-state index contributed by atoms with van der Waals surface area (Å²) >= 11 is 0. The van der Waals surface area contributed by atoms with E-state index < -0.39 is 0 Å². The van der Waals surface area contributed by atoms with Crippen LogP contribution in [0.2, 0.25) is 0 Å². The summed E-state index contributed by atoms with van der Waals surface area (Å²) in [6.45, 7) is 8.70. The highest BCUT2D eigenvalue weighted by atomic mass is 16.5. The summed E-state index contributed by atoms with van der Waals surface area (Å²) in [5.41, 5.74) is 7.95. The molecule has 1 aromatic rings. The second-order valence-electron chi connectivity index (χ2n) is 5.56. The van der Waals surface area contributed by atoms with Gasteiger partial charge in [0.1, 0.15) is 0 Å². The fraction of sp³-hybridized carbons (Fsp3) is 0.625. The highest BCUT2D eigenvalue weighted by Gasteiger charge is 2.19. The molecule has 0 bridgehead atoms. The molecule has 0 spiro atoms. The van der Waals surface area contributed by atoms with Crippen LogP contribution in [0.4, 0.5) is 5.69 Å². The number of nitrogens with two attached hydrogens (primary N) is 1. The largest absolute Gasteiger partial charge is 0.399 e. The van der Waals surface area contributed by atoms with Gasteiger partial charge in [0.2, 0.25) is 0 Å². The third kappa shape index (κ3) is 4.22. The van der Waals surface area contributed by atoms with Crippen LogP contribution in [0.25, 0.3) is 0 Å². The maximum Gasteiger partial charge on any atom is 0.0700 e. The normalized spacial score (nSPS) is 22.3. The van der Waals surface area contributed by atoms with Crippen LogP contribution in [0.3, 0.4) is 0 Å². The van der Waals surface area contributed by atoms with Crippen molar-refractivity contribution in [2.45, 2.75) is 38.7 Å². The molecule has 1 aliphatic rings. The highest BCUT2D eigenvalue weighted by molar-refractivity contribution is 5.40. The van der Waals surface area contributed by atoms with E-state index in [4.69, 9.17) is 10.5 Å². The molecular formula is C16H26N2O. The Morgan fingerprint density at radius 1 is 1.37 bits per heavy atom. The summed E-state index contributed by atoms with van der Waals surface area (Å²) in [6.07, 6.45) is 2.74. The Bertz CT molecular complexity index is 377. The molecule has 0 aliphatic carbocycles. The summed E-state index contributed by atoms with van der Waals surface area (Å²) in [5, 5.41) is 0. The molecule has 19 heavy (non-hydrogen) atoms. The van der Waals surface area contributed by atoms with Gasteiger partial charge in [0.05, 0.1) is 12.7 Å². The average molecular weight is 262 g/mol. The minimum absolute atomic E-state index is 0.431. The molecule has 1 aromatic carbocycles. The van der Waals surface area contributed by atoms with Gasteiger partial charge in [-0.25, -0.2) is 0 Å². The van der Waals surface area contributed by atoms with Gasteiger partial charge >= 0.3 is 0 Å². The van der Waals surface area contributed by atoms with Crippen LogP contribution < -0.4 is 5.73 Å². The molecule has 0 aromatic heterocycles. The summed E-state index contributed by atoms with van der Waals surface area (Å²) in [7, 11) is 0. The van der Waals surface area contributed by atoms with Crippen molar-refractivity contribution >= 4 is 5.69 Å². The molecule has 2 atom stereocenters. The van der Waals surface area contributed by atoms with E-state index >= 15 is 0 Å². The molecule has 1 saturated heterocycles. The predicted octanol–water partition coefficient (Wildman–Crippen LogP) is 2.87. The zero-order valence-electron chi connectivity index (χ0n) is 12.1. The van der Waals surface area contributed by atoms with Gasteiger partial charge in [-0.15, -0.1) is 0 Å². The summed E-state index contributed by atoms with van der Waals surface area (Å²) in [5.74, 6) is 0.587. The lowest BCUT2D eigenvalue weighted by Crippen LogP contribution is -2.42. The molecule has 2 rings (SSSR count). The van der Waals surface area contributed by atoms with Crippen molar-refractivity contribution in [1.29, 1.82) is 0 Å². The van der Waals surface area contributed by atoms with E-state index in [1.807, 2.05) is 12.1 Å². The van der Waals surface area contributed by atoms with E-state index in [9.17, 15) is 0 Å². The van der Waals surface area contributed by atoms with Crippen molar-refractivity contribution in [2.75, 3.05) is 32.0 Å². The molecule has 3 heteroatoms. The molecule has 3 nitrogen and oxygen atoms in total. The summed E-state index contributed by atoms with van der Waals surface area (Å²) in [6, 6.07) is 8.28. The van der Waals surface area contributed by atoms with Gasteiger partial charge in [-0.1, -0.05) is 26.0 Å². The maximum atomic E-state index is 5.73. The van der Waals surface area contributed by atoms with Gasteiger partial charge in [-0.05, 0) is 43.0 Å². The molecule has 2 unspecified atom stereocenters. The van der Waals surface area contributed by atoms with E-state index in [0.717, 1.165) is 38.3 Å². The molecule has 0 amide bonds. The number of anilines is 1. The SMILES string of the molecule is CCC1CN(CCC(C)c2ccc(N)cc2)CCO1. The molecule has 2 N–H and O–H groups in total. The van der Waals surface area contributed by atoms with E-state index in [2.05, 4.69) is 30.9 Å². The zero-order chi connectivity index (χ0) is 13.7. The first kappa shape index (κ1) is 14.4. The number of morpholine rings is 1. The topological polar surface area (TPSA) is 38.5 Å². The fourth-order valence-electron chi connectivity index (χ4n) is 2.60. The number of benzene rings is 1. The van der Waals surface area contributed by atoms with Crippen molar-refractivity contribution in [2.24, 2.45) is 0 Å². The van der Waals surface area contributed by atoms with Crippen LogP contribution in [0.1, 0.15) is 38.2 Å². The summed E-state index contributed by atoms with van der Waals surface area (Å²) < 4.78 is 5.71. The lowest BCUT2D eigenvalue weighted by atomic mass is 9.97. The number of nitrogen functional groups attached to an aromatic ring is 1. The van der Waals surface area contributed by atoms with Crippen LogP contribution in [0, 0.1) is 0 Å². The molecule has 1 heterocycles. The number of hydrogen-bond acceptors (Lipinski definition) is 3. The van der Waals surface area contributed by atoms with E-state index in [-0.39, 0.29) is 0 Å². The van der Waals surface area contributed by atoms with Gasteiger partial charge in [-0.3, -0.25) is 4.90 Å². The number of nitrogens with zero attached hydrogens (tertiary/aromatic N) is 1. The first-order chi connectivity index (χ1) is 9.19. The molecule has 0 saturated carbocycles. The van der Waals surface area contributed by atoms with Gasteiger partial charge in [0.25, 0.3) is 0 Å². The van der Waals surface area contributed by atoms with Gasteiger partial charge in [-0.2, -0.15) is 0 Å². The van der Waals surface area contributed by atoms with Gasteiger partial charge < -0.3 is 10.5 Å². The second kappa shape index (κ2) is 6.92. The molecule has 106 valence electrons. The molecule has 1 aliphatic heterocycles. The Balaban J connectivity index is 1.79. The van der Waals surface area contributed by atoms with Crippen LogP contribution in [0.15, 0.2) is 24.3 Å². The van der Waals surface area contributed by atoms with Crippen molar-refractivity contribution < 1.29 is 4.74 Å². The lowest BCUT2D eigenvalue weighted by Gasteiger charge is -2.33. The van der Waals surface area contributed by atoms with Crippen LogP contribution in [0.5, 0.6) is 0 Å². The van der Waals surface area contributed by atoms with Crippen LogP contribution in [-0.4, -0.2) is 37.2 Å². The zero-order valence-corrected chi connectivity index (χ0v) is 12.1. The Labute approximate surface area is 116 Å². The third-order valence-electron chi connectivity index (χ3n) is 4.06. The van der Waals surface area contributed by atoms with Crippen molar-refractivity contribution in [3.05, 3.63) is 29.8 Å². The lowest BCUT2D eigenvalue weighted by molar-refractivity contribution is -0.0302. The smallest absolute Gasteiger partial charge is 0.0700 e. The maximum absolute atomic E-state index is 5.73. The Hall–Kier alpha value is -1.06. The van der Waals surface area contributed by atoms with Gasteiger partial charge in [0, 0.05) is 18.8 Å². The van der Waals surface area contributed by atoms with E-state index in [1.54, 1.807) is 0 Å². The fourth-order valence-corrected chi connectivity index (χ4v) is 2.60. The van der Waals surface area contributed by atoms with Crippen molar-refractivity contribution in [3.8, 4) is 0 Å². The Morgan fingerprint density at radius 3 is 2.79 bits per heavy atom. The second-order valence-corrected chi connectivity index (χ2v) is 5.56. The molecule has 0 radical (unpaired) electrons. The highest BCUT2D eigenvalue weighted by Crippen LogP contribution is 2.21. The Morgan fingerprint density at radius 2 is 2.11 bits per heavy atom. The van der Waals surface area contributed by atoms with Crippen molar-refractivity contribution in [1.82, 2.24) is 4.90 Å². The first-order valence-electron chi connectivity index (χ1n) is 7.38. The average Bonchev–Trinajstić information content (AvgIpc) is 2.46. The molecular weight excluding hydrogens is 236 g/mol. The number of hydrogen-bond donors (Lipinski definition) is 1. The number of ether oxygens (including phenoxy) is 1. The quantitative estimate of drug-likeness (QED) is 0.829. The van der Waals surface area contributed by atoms with Crippen molar-refractivity contribution in [3.63, 3.8) is 0 Å². The Kier molecular flexibility index (Phi) is 5.23. The van der Waals surface area contributed by atoms with E-state index in [0.29, 0.717) is 12.0 Å². The first-order valence-corrected chi connectivity index (χ1v) is 7.38. The third-order valence-corrected chi connectivity index (χ3v) is 4.06. The van der Waals surface area contributed by atoms with E-state index in [1.165, 1.54) is 12.0 Å². The van der Waals surface area contributed by atoms with Gasteiger partial charge in [0.15, 0.2) is 0 Å². The summed E-state index contributed by atoms with van der Waals surface area (Å²) in [4.78, 5) is 2.53. The standard InChI is InChI=1S/C16H26N2O/c1-3-16-12-18(10-11-19-16)9-8-13(2)14-4-6-15(17)7-5-14/h4-7,13,16H,3,8-12,17H2,1-2H3.